The third kappa shape index (κ3) is 4.04. The van der Waals surface area contributed by atoms with Gasteiger partial charge in [0, 0.05) is 17.0 Å². The number of ether oxygens (including phenoxy) is 2. The number of hydrogen-bond donors (Lipinski definition) is 1. The monoisotopic (exact) mass is 402 g/mol. The van der Waals surface area contributed by atoms with Crippen molar-refractivity contribution in [2.45, 2.75) is 33.2 Å². The summed E-state index contributed by atoms with van der Waals surface area (Å²) in [6.07, 6.45) is 4.18. The number of pyridine rings is 1. The van der Waals surface area contributed by atoms with Gasteiger partial charge in [-0.15, -0.1) is 0 Å². The van der Waals surface area contributed by atoms with E-state index in [-0.39, 0.29) is 11.9 Å². The number of benzene rings is 1. The molecule has 2 aromatic heterocycles. The van der Waals surface area contributed by atoms with E-state index in [2.05, 4.69) is 15.4 Å². The van der Waals surface area contributed by atoms with Crippen LogP contribution in [-0.2, 0) is 0 Å². The van der Waals surface area contributed by atoms with Gasteiger partial charge in [-0.1, -0.05) is 18.5 Å². The van der Waals surface area contributed by atoms with Gasteiger partial charge in [-0.3, -0.25) is 4.79 Å². The van der Waals surface area contributed by atoms with Crippen LogP contribution in [0.5, 0.6) is 11.5 Å². The second kappa shape index (κ2) is 8.48. The highest BCUT2D eigenvalue weighted by atomic mass is 35.5. The molecule has 0 atom stereocenters. The minimum Gasteiger partial charge on any atom is -0.493 e. The van der Waals surface area contributed by atoms with E-state index in [0.29, 0.717) is 34.4 Å². The van der Waals surface area contributed by atoms with Gasteiger partial charge in [-0.2, -0.15) is 5.10 Å². The van der Waals surface area contributed by atoms with Crippen LogP contribution in [0.3, 0.4) is 0 Å². The number of nitrogens with one attached hydrogen (secondary N) is 1. The number of hydrogen-bond acceptors (Lipinski definition) is 5. The Morgan fingerprint density at radius 2 is 2.07 bits per heavy atom. The van der Waals surface area contributed by atoms with Gasteiger partial charge in [0.2, 0.25) is 0 Å². The fourth-order valence-electron chi connectivity index (χ4n) is 2.78. The third-order valence-electron chi connectivity index (χ3n) is 4.12. The summed E-state index contributed by atoms with van der Waals surface area (Å²) >= 11 is 6.30. The molecule has 0 fully saturated rings. The minimum atomic E-state index is -0.320. The van der Waals surface area contributed by atoms with Crippen molar-refractivity contribution in [3.63, 3.8) is 0 Å². The number of halogens is 1. The number of nitrogens with zero attached hydrogens (tertiary/aromatic N) is 3. The summed E-state index contributed by atoms with van der Waals surface area (Å²) in [5, 5.41) is 8.35. The van der Waals surface area contributed by atoms with E-state index in [4.69, 9.17) is 21.1 Å². The molecule has 1 N–H and O–H groups in total. The first kappa shape index (κ1) is 19.9. The molecule has 0 aliphatic heterocycles. The number of anilines is 1. The standard InChI is InChI=1S/C20H23ClN4O3/c1-5-6-28-18-16(21)8-13(9-17(18)27-4)20(26)24-15-7-14-10-23-25(12(2)3)19(14)22-11-15/h7-12H,5-6H2,1-4H3,(H,24,26). The summed E-state index contributed by atoms with van der Waals surface area (Å²) < 4.78 is 12.8. The van der Waals surface area contributed by atoms with Crippen molar-refractivity contribution in [1.29, 1.82) is 0 Å². The van der Waals surface area contributed by atoms with Gasteiger partial charge in [0.1, 0.15) is 0 Å². The average molecular weight is 403 g/mol. The molecule has 7 nitrogen and oxygen atoms in total. The molecule has 0 aliphatic carbocycles. The van der Waals surface area contributed by atoms with Gasteiger partial charge in [0.15, 0.2) is 17.1 Å². The lowest BCUT2D eigenvalue weighted by Crippen LogP contribution is -2.13. The molecule has 0 radical (unpaired) electrons. The Morgan fingerprint density at radius 3 is 2.75 bits per heavy atom. The number of amides is 1. The first-order chi connectivity index (χ1) is 13.4. The number of carbonyl (C=O) groups excluding carboxylic acids is 1. The van der Waals surface area contributed by atoms with Crippen molar-refractivity contribution in [2.24, 2.45) is 0 Å². The Morgan fingerprint density at radius 1 is 1.29 bits per heavy atom. The zero-order chi connectivity index (χ0) is 20.3. The molecule has 0 bridgehead atoms. The molecule has 0 aliphatic rings. The van der Waals surface area contributed by atoms with Gasteiger partial charge >= 0.3 is 0 Å². The highest BCUT2D eigenvalue weighted by Crippen LogP contribution is 2.36. The van der Waals surface area contributed by atoms with Crippen molar-refractivity contribution in [2.75, 3.05) is 19.0 Å². The zero-order valence-electron chi connectivity index (χ0n) is 16.3. The summed E-state index contributed by atoms with van der Waals surface area (Å²) in [6, 6.07) is 5.21. The molecule has 8 heteroatoms. The summed E-state index contributed by atoms with van der Waals surface area (Å²) in [5.74, 6) is 0.532. The summed E-state index contributed by atoms with van der Waals surface area (Å²) in [6.45, 7) is 6.58. The van der Waals surface area contributed by atoms with Crippen molar-refractivity contribution in [1.82, 2.24) is 14.8 Å². The first-order valence-electron chi connectivity index (χ1n) is 9.09. The first-order valence-corrected chi connectivity index (χ1v) is 9.47. The van der Waals surface area contributed by atoms with Crippen molar-refractivity contribution in [3.8, 4) is 11.5 Å². The Hall–Kier alpha value is -2.80. The lowest BCUT2D eigenvalue weighted by Gasteiger charge is -2.14. The summed E-state index contributed by atoms with van der Waals surface area (Å²) in [7, 11) is 1.51. The molecule has 148 valence electrons. The third-order valence-corrected chi connectivity index (χ3v) is 4.40. The molecule has 2 heterocycles. The van der Waals surface area contributed by atoms with Crippen LogP contribution in [0.4, 0.5) is 5.69 Å². The minimum absolute atomic E-state index is 0.202. The molecule has 0 saturated carbocycles. The van der Waals surface area contributed by atoms with Crippen molar-refractivity contribution < 1.29 is 14.3 Å². The number of rotatable bonds is 7. The zero-order valence-corrected chi connectivity index (χ0v) is 17.1. The summed E-state index contributed by atoms with van der Waals surface area (Å²) in [5.41, 5.74) is 1.71. The van der Waals surface area contributed by atoms with Gasteiger partial charge < -0.3 is 14.8 Å². The Balaban J connectivity index is 1.84. The predicted molar refractivity (Wildman–Crippen MR) is 110 cm³/mol. The molecule has 1 aromatic carbocycles. The number of methoxy groups -OCH3 is 1. The summed E-state index contributed by atoms with van der Waals surface area (Å²) in [4.78, 5) is 17.1. The Kier molecular flexibility index (Phi) is 6.04. The van der Waals surface area contributed by atoms with Crippen LogP contribution < -0.4 is 14.8 Å². The lowest BCUT2D eigenvalue weighted by molar-refractivity contribution is 0.102. The van der Waals surface area contributed by atoms with Gasteiger partial charge in [0.05, 0.1) is 36.8 Å². The number of carbonyl (C=O) groups is 1. The fourth-order valence-corrected chi connectivity index (χ4v) is 3.05. The average Bonchev–Trinajstić information content (AvgIpc) is 3.10. The highest BCUT2D eigenvalue weighted by Gasteiger charge is 2.17. The Labute approximate surface area is 168 Å². The maximum absolute atomic E-state index is 12.7. The molecule has 0 saturated heterocycles. The van der Waals surface area contributed by atoms with E-state index in [9.17, 15) is 4.79 Å². The van der Waals surface area contributed by atoms with Gasteiger partial charge in [-0.25, -0.2) is 9.67 Å². The second-order valence-corrected chi connectivity index (χ2v) is 7.02. The van der Waals surface area contributed by atoms with E-state index in [1.807, 2.05) is 31.5 Å². The molecular weight excluding hydrogens is 380 g/mol. The lowest BCUT2D eigenvalue weighted by atomic mass is 10.1. The molecule has 0 spiro atoms. The van der Waals surface area contributed by atoms with Gasteiger partial charge in [-0.05, 0) is 38.5 Å². The molecule has 3 rings (SSSR count). The topological polar surface area (TPSA) is 78.3 Å². The molecule has 3 aromatic rings. The smallest absolute Gasteiger partial charge is 0.255 e. The van der Waals surface area contributed by atoms with Crippen LogP contribution in [0.15, 0.2) is 30.6 Å². The van der Waals surface area contributed by atoms with E-state index >= 15 is 0 Å². The molecular formula is C20H23ClN4O3. The van der Waals surface area contributed by atoms with Crippen LogP contribution in [-0.4, -0.2) is 34.4 Å². The second-order valence-electron chi connectivity index (χ2n) is 6.61. The van der Waals surface area contributed by atoms with Gasteiger partial charge in [0.25, 0.3) is 5.91 Å². The van der Waals surface area contributed by atoms with Crippen LogP contribution in [0.1, 0.15) is 43.6 Å². The van der Waals surface area contributed by atoms with Crippen molar-refractivity contribution in [3.05, 3.63) is 41.2 Å². The molecule has 0 unspecified atom stereocenters. The highest BCUT2D eigenvalue weighted by molar-refractivity contribution is 6.32. The van der Waals surface area contributed by atoms with Crippen molar-refractivity contribution >= 4 is 34.2 Å². The van der Waals surface area contributed by atoms with E-state index in [0.717, 1.165) is 17.5 Å². The van der Waals surface area contributed by atoms with E-state index in [1.54, 1.807) is 24.5 Å². The van der Waals surface area contributed by atoms with Crippen LogP contribution in [0.25, 0.3) is 11.0 Å². The van der Waals surface area contributed by atoms with E-state index in [1.165, 1.54) is 7.11 Å². The molecule has 1 amide bonds. The van der Waals surface area contributed by atoms with Crippen LogP contribution >= 0.6 is 11.6 Å². The quantitative estimate of drug-likeness (QED) is 0.618. The normalized spacial score (nSPS) is 11.1. The Bertz CT molecular complexity index is 1000. The van der Waals surface area contributed by atoms with Crippen LogP contribution in [0, 0.1) is 0 Å². The van der Waals surface area contributed by atoms with E-state index < -0.39 is 0 Å². The maximum Gasteiger partial charge on any atom is 0.255 e. The number of fused-ring (bicyclic) bond motifs is 1. The molecule has 28 heavy (non-hydrogen) atoms. The predicted octanol–water partition coefficient (Wildman–Crippen LogP) is 4.72. The largest absolute Gasteiger partial charge is 0.493 e. The maximum atomic E-state index is 12.7. The SMILES string of the molecule is CCCOc1c(Cl)cc(C(=O)Nc2cnc3c(cnn3C(C)C)c2)cc1OC. The fraction of sp³-hybridized carbons (Fsp3) is 0.350. The van der Waals surface area contributed by atoms with Crippen LogP contribution in [0.2, 0.25) is 5.02 Å². The number of aromatic nitrogens is 3.